The fraction of sp³-hybridized carbons (Fsp3) is 0.278. The summed E-state index contributed by atoms with van der Waals surface area (Å²) in [6, 6.07) is 15.9. The summed E-state index contributed by atoms with van der Waals surface area (Å²) in [5.41, 5.74) is 9.84. The molecule has 0 unspecified atom stereocenters. The molecule has 1 amide bonds. The number of halogens is 1. The molecule has 0 saturated carbocycles. The van der Waals surface area contributed by atoms with Gasteiger partial charge in [0.05, 0.1) is 4.58 Å². The number of para-hydroxylation sites is 1. The van der Waals surface area contributed by atoms with Crippen molar-refractivity contribution < 1.29 is 4.79 Å². The lowest BCUT2D eigenvalue weighted by molar-refractivity contribution is -0.116. The lowest BCUT2D eigenvalue weighted by Crippen LogP contribution is -2.13. The van der Waals surface area contributed by atoms with Crippen LogP contribution in [0.25, 0.3) is 0 Å². The number of carbonyl (C=O) groups excluding carboxylic acids is 1. The molecule has 1 saturated heterocycles. The molecular formula is C18H21ClN2OS2. The van der Waals surface area contributed by atoms with Crippen molar-refractivity contribution in [2.24, 2.45) is 0 Å². The van der Waals surface area contributed by atoms with Gasteiger partial charge in [0.15, 0.2) is 0 Å². The lowest BCUT2D eigenvalue weighted by Gasteiger charge is -2.11. The zero-order chi connectivity index (χ0) is 16.1. The van der Waals surface area contributed by atoms with Crippen LogP contribution in [0, 0.1) is 0 Å². The second-order valence-electron chi connectivity index (χ2n) is 5.45. The summed E-state index contributed by atoms with van der Waals surface area (Å²) in [6.07, 6.45) is 1.10. The second kappa shape index (κ2) is 9.25. The lowest BCUT2D eigenvalue weighted by atomic mass is 10.1. The van der Waals surface area contributed by atoms with Crippen LogP contribution < -0.4 is 11.1 Å². The van der Waals surface area contributed by atoms with Gasteiger partial charge in [0, 0.05) is 29.3 Å². The average molecular weight is 381 g/mol. The summed E-state index contributed by atoms with van der Waals surface area (Å²) in [4.78, 5) is 12.2. The Hall–Kier alpha value is -1.30. The molecule has 1 aliphatic rings. The highest BCUT2D eigenvalue weighted by Crippen LogP contribution is 2.45. The van der Waals surface area contributed by atoms with E-state index < -0.39 is 0 Å². The van der Waals surface area contributed by atoms with Crippen molar-refractivity contribution >= 4 is 53.2 Å². The van der Waals surface area contributed by atoms with Gasteiger partial charge >= 0.3 is 0 Å². The number of hydrogen-bond acceptors (Lipinski definition) is 4. The zero-order valence-corrected chi connectivity index (χ0v) is 15.7. The minimum absolute atomic E-state index is 0. The van der Waals surface area contributed by atoms with E-state index in [1.54, 1.807) is 0 Å². The molecule has 1 fully saturated rings. The van der Waals surface area contributed by atoms with Crippen molar-refractivity contribution in [3.05, 3.63) is 59.7 Å². The van der Waals surface area contributed by atoms with Crippen molar-refractivity contribution in [3.8, 4) is 0 Å². The molecule has 128 valence electrons. The van der Waals surface area contributed by atoms with Gasteiger partial charge in [-0.1, -0.05) is 30.3 Å². The summed E-state index contributed by atoms with van der Waals surface area (Å²) in [5.74, 6) is 2.42. The number of anilines is 2. The molecule has 0 bridgehead atoms. The molecule has 3 nitrogen and oxygen atoms in total. The molecule has 2 aromatic rings. The van der Waals surface area contributed by atoms with E-state index in [1.165, 1.54) is 17.1 Å². The third kappa shape index (κ3) is 5.10. The van der Waals surface area contributed by atoms with Gasteiger partial charge in [0.2, 0.25) is 5.91 Å². The number of nitrogens with two attached hydrogens (primary N) is 1. The first-order valence-electron chi connectivity index (χ1n) is 7.69. The standard InChI is InChI=1S/C18H20N2OS2.ClH/c19-16-7-2-1-4-13(16)8-9-17(21)20-15-6-3-5-14(12-15)18-22-10-11-23-18;/h1-7,12,18H,8-11,19H2,(H,20,21);1H. The number of aryl methyl sites for hydroxylation is 1. The first-order valence-corrected chi connectivity index (χ1v) is 9.78. The molecule has 0 atom stereocenters. The van der Waals surface area contributed by atoms with Gasteiger partial charge in [0.1, 0.15) is 0 Å². The number of amides is 1. The van der Waals surface area contributed by atoms with Crippen LogP contribution in [-0.2, 0) is 11.2 Å². The third-order valence-corrected chi connectivity index (χ3v) is 6.85. The first-order chi connectivity index (χ1) is 11.2. The predicted octanol–water partition coefficient (Wildman–Crippen LogP) is 4.74. The molecule has 0 spiro atoms. The molecule has 6 heteroatoms. The fourth-order valence-corrected chi connectivity index (χ4v) is 5.39. The van der Waals surface area contributed by atoms with E-state index in [9.17, 15) is 4.79 Å². The van der Waals surface area contributed by atoms with E-state index in [0.717, 1.165) is 16.9 Å². The summed E-state index contributed by atoms with van der Waals surface area (Å²) >= 11 is 3.94. The van der Waals surface area contributed by atoms with Crippen LogP contribution in [0.3, 0.4) is 0 Å². The Morgan fingerprint density at radius 1 is 1.12 bits per heavy atom. The van der Waals surface area contributed by atoms with Crippen LogP contribution in [0.5, 0.6) is 0 Å². The minimum atomic E-state index is 0. The first kappa shape index (κ1) is 19.0. The van der Waals surface area contributed by atoms with E-state index in [2.05, 4.69) is 17.4 Å². The molecular weight excluding hydrogens is 360 g/mol. The SMILES string of the molecule is Cl.Nc1ccccc1CCC(=O)Nc1cccc(C2SCCS2)c1. The Balaban J connectivity index is 0.00000208. The van der Waals surface area contributed by atoms with Crippen molar-refractivity contribution in [2.45, 2.75) is 17.4 Å². The van der Waals surface area contributed by atoms with E-state index in [-0.39, 0.29) is 18.3 Å². The van der Waals surface area contributed by atoms with Gasteiger partial charge in [-0.3, -0.25) is 4.79 Å². The van der Waals surface area contributed by atoms with Crippen LogP contribution in [0.4, 0.5) is 11.4 Å². The molecule has 3 N–H and O–H groups in total. The van der Waals surface area contributed by atoms with E-state index in [0.29, 0.717) is 17.4 Å². The number of carbonyl (C=O) groups is 1. The average Bonchev–Trinajstić information content (AvgIpc) is 3.09. The van der Waals surface area contributed by atoms with E-state index >= 15 is 0 Å². The van der Waals surface area contributed by atoms with Crippen molar-refractivity contribution in [1.82, 2.24) is 0 Å². The molecule has 1 aliphatic heterocycles. The Morgan fingerprint density at radius 2 is 1.88 bits per heavy atom. The Kier molecular flexibility index (Phi) is 7.34. The van der Waals surface area contributed by atoms with Crippen LogP contribution >= 0.6 is 35.9 Å². The van der Waals surface area contributed by atoms with Gasteiger partial charge in [-0.05, 0) is 35.7 Å². The summed E-state index contributed by atoms with van der Waals surface area (Å²) in [6.45, 7) is 0. The van der Waals surface area contributed by atoms with Crippen LogP contribution in [0.15, 0.2) is 48.5 Å². The summed E-state index contributed by atoms with van der Waals surface area (Å²) < 4.78 is 0.496. The van der Waals surface area contributed by atoms with Crippen LogP contribution in [-0.4, -0.2) is 17.4 Å². The van der Waals surface area contributed by atoms with Gasteiger partial charge < -0.3 is 11.1 Å². The van der Waals surface area contributed by atoms with Gasteiger partial charge in [-0.25, -0.2) is 0 Å². The topological polar surface area (TPSA) is 55.1 Å². The van der Waals surface area contributed by atoms with Crippen molar-refractivity contribution in [1.29, 1.82) is 0 Å². The van der Waals surface area contributed by atoms with E-state index in [1.807, 2.05) is 59.9 Å². The number of rotatable bonds is 5. The third-order valence-electron chi connectivity index (χ3n) is 3.74. The molecule has 0 radical (unpaired) electrons. The largest absolute Gasteiger partial charge is 0.399 e. The van der Waals surface area contributed by atoms with Crippen molar-refractivity contribution in [3.63, 3.8) is 0 Å². The maximum Gasteiger partial charge on any atom is 0.224 e. The normalized spacial score (nSPS) is 14.2. The smallest absolute Gasteiger partial charge is 0.224 e. The Morgan fingerprint density at radius 3 is 2.62 bits per heavy atom. The number of nitrogens with one attached hydrogen (secondary N) is 1. The molecule has 2 aromatic carbocycles. The molecule has 24 heavy (non-hydrogen) atoms. The Labute approximate surface area is 157 Å². The summed E-state index contributed by atoms with van der Waals surface area (Å²) in [5, 5.41) is 3.00. The van der Waals surface area contributed by atoms with Gasteiger partial charge in [0.25, 0.3) is 0 Å². The highest BCUT2D eigenvalue weighted by molar-refractivity contribution is 8.19. The molecule has 0 aromatic heterocycles. The fourth-order valence-electron chi connectivity index (χ4n) is 2.55. The van der Waals surface area contributed by atoms with Gasteiger partial charge in [-0.15, -0.1) is 35.9 Å². The predicted molar refractivity (Wildman–Crippen MR) is 109 cm³/mol. The van der Waals surface area contributed by atoms with Crippen LogP contribution in [0.1, 0.15) is 22.1 Å². The zero-order valence-electron chi connectivity index (χ0n) is 13.2. The highest BCUT2D eigenvalue weighted by Gasteiger charge is 2.18. The minimum Gasteiger partial charge on any atom is -0.399 e. The highest BCUT2D eigenvalue weighted by atomic mass is 35.5. The van der Waals surface area contributed by atoms with Crippen LogP contribution in [0.2, 0.25) is 0 Å². The maximum absolute atomic E-state index is 12.2. The Bertz CT molecular complexity index is 690. The van der Waals surface area contributed by atoms with Crippen molar-refractivity contribution in [2.75, 3.05) is 22.6 Å². The quantitative estimate of drug-likeness (QED) is 0.735. The summed E-state index contributed by atoms with van der Waals surface area (Å²) in [7, 11) is 0. The number of benzene rings is 2. The monoisotopic (exact) mass is 380 g/mol. The second-order valence-corrected chi connectivity index (χ2v) is 8.17. The molecule has 3 rings (SSSR count). The van der Waals surface area contributed by atoms with Gasteiger partial charge in [-0.2, -0.15) is 0 Å². The molecule has 0 aliphatic carbocycles. The number of nitrogen functional groups attached to an aromatic ring is 1. The number of thioether (sulfide) groups is 2. The van der Waals surface area contributed by atoms with E-state index in [4.69, 9.17) is 5.73 Å². The maximum atomic E-state index is 12.2. The number of hydrogen-bond donors (Lipinski definition) is 2. The molecule has 1 heterocycles.